The summed E-state index contributed by atoms with van der Waals surface area (Å²) in [6.07, 6.45) is 2.84. The highest BCUT2D eigenvalue weighted by atomic mass is 32.2. The molecular weight excluding hydrogens is 320 g/mol. The van der Waals surface area contributed by atoms with E-state index in [2.05, 4.69) is 0 Å². The topological polar surface area (TPSA) is 101 Å². The molecule has 0 spiro atoms. The average Bonchev–Trinajstić information content (AvgIpc) is 2.53. The normalized spacial score (nSPS) is 21.0. The molecule has 2 rings (SSSR count). The van der Waals surface area contributed by atoms with E-state index in [1.807, 2.05) is 0 Å². The molecule has 1 heterocycles. The largest absolute Gasteiger partial charge is 0.481 e. The average molecular weight is 338 g/mol. The van der Waals surface area contributed by atoms with Crippen molar-refractivity contribution >= 4 is 29.3 Å². The van der Waals surface area contributed by atoms with E-state index in [-0.39, 0.29) is 23.7 Å². The van der Waals surface area contributed by atoms with Crippen LogP contribution in [0.4, 0.5) is 5.69 Å². The second kappa shape index (κ2) is 6.57. The van der Waals surface area contributed by atoms with Gasteiger partial charge in [0.2, 0.25) is 0 Å². The molecule has 1 saturated heterocycles. The van der Waals surface area contributed by atoms with Crippen molar-refractivity contribution in [2.24, 2.45) is 5.41 Å². The number of nitro benzene ring substituents is 1. The maximum absolute atomic E-state index is 12.6. The van der Waals surface area contributed by atoms with Crippen molar-refractivity contribution in [1.82, 2.24) is 4.90 Å². The first kappa shape index (κ1) is 17.3. The van der Waals surface area contributed by atoms with E-state index in [4.69, 9.17) is 0 Å². The van der Waals surface area contributed by atoms with Gasteiger partial charge >= 0.3 is 5.97 Å². The van der Waals surface area contributed by atoms with Crippen LogP contribution in [-0.2, 0) is 4.79 Å². The number of carbonyl (C=O) groups excluding carboxylic acids is 1. The Hall–Kier alpha value is -2.09. The first-order valence-corrected chi connectivity index (χ1v) is 8.36. The van der Waals surface area contributed by atoms with Crippen molar-refractivity contribution in [3.05, 3.63) is 33.9 Å². The molecule has 0 saturated carbocycles. The van der Waals surface area contributed by atoms with Crippen molar-refractivity contribution in [1.29, 1.82) is 0 Å². The zero-order chi connectivity index (χ0) is 17.2. The van der Waals surface area contributed by atoms with Gasteiger partial charge in [0, 0.05) is 24.7 Å². The molecule has 7 nitrogen and oxygen atoms in total. The molecular formula is C15H18N2O5S. The fraction of sp³-hybridized carbons (Fsp3) is 0.467. The number of hydrogen-bond acceptors (Lipinski definition) is 5. The number of piperidine rings is 1. The second-order valence-electron chi connectivity index (χ2n) is 5.84. The summed E-state index contributed by atoms with van der Waals surface area (Å²) in [6.45, 7) is 2.19. The molecule has 1 aliphatic heterocycles. The predicted octanol–water partition coefficient (Wildman–Crippen LogP) is 2.64. The van der Waals surface area contributed by atoms with E-state index in [0.717, 1.165) is 0 Å². The third-order valence-corrected chi connectivity index (χ3v) is 4.91. The quantitative estimate of drug-likeness (QED) is 0.514. The highest BCUT2D eigenvalue weighted by Gasteiger charge is 2.39. The number of rotatable bonds is 4. The van der Waals surface area contributed by atoms with E-state index in [1.54, 1.807) is 25.3 Å². The maximum atomic E-state index is 12.6. The number of carboxylic acid groups (broad SMARTS) is 1. The van der Waals surface area contributed by atoms with Crippen LogP contribution in [-0.4, -0.2) is 46.2 Å². The molecule has 1 amide bonds. The van der Waals surface area contributed by atoms with Crippen LogP contribution in [0.25, 0.3) is 0 Å². The fourth-order valence-electron chi connectivity index (χ4n) is 2.74. The summed E-state index contributed by atoms with van der Waals surface area (Å²) in [7, 11) is 0. The van der Waals surface area contributed by atoms with Gasteiger partial charge in [-0.15, -0.1) is 11.8 Å². The summed E-state index contributed by atoms with van der Waals surface area (Å²) in [6, 6.07) is 4.37. The van der Waals surface area contributed by atoms with Crippen LogP contribution >= 0.6 is 11.8 Å². The molecule has 0 bridgehead atoms. The number of nitrogens with zero attached hydrogens (tertiary/aromatic N) is 2. The monoisotopic (exact) mass is 338 g/mol. The summed E-state index contributed by atoms with van der Waals surface area (Å²) in [5, 5.41) is 20.4. The Balaban J connectivity index is 2.28. The lowest BCUT2D eigenvalue weighted by Gasteiger charge is -2.37. The SMILES string of the molecule is CSc1ccc(C(=O)N2CCCC(C)(C(=O)O)C2)cc1[N+](=O)[O-]. The first-order chi connectivity index (χ1) is 10.8. The summed E-state index contributed by atoms with van der Waals surface area (Å²) in [4.78, 5) is 36.5. The van der Waals surface area contributed by atoms with Gasteiger partial charge < -0.3 is 10.0 Å². The number of hydrogen-bond donors (Lipinski definition) is 1. The number of carbonyl (C=O) groups is 2. The highest BCUT2D eigenvalue weighted by molar-refractivity contribution is 7.98. The number of likely N-dealkylation sites (tertiary alicyclic amines) is 1. The molecule has 1 atom stereocenters. The molecule has 1 aromatic rings. The minimum absolute atomic E-state index is 0.110. The van der Waals surface area contributed by atoms with E-state index < -0.39 is 16.3 Å². The van der Waals surface area contributed by atoms with Gasteiger partial charge in [-0.1, -0.05) is 0 Å². The van der Waals surface area contributed by atoms with Crippen molar-refractivity contribution in [2.75, 3.05) is 19.3 Å². The molecule has 0 radical (unpaired) electrons. The molecule has 124 valence electrons. The lowest BCUT2D eigenvalue weighted by molar-refractivity contribution is -0.387. The minimum Gasteiger partial charge on any atom is -0.481 e. The minimum atomic E-state index is -0.973. The van der Waals surface area contributed by atoms with Crippen LogP contribution in [0, 0.1) is 15.5 Å². The first-order valence-electron chi connectivity index (χ1n) is 7.13. The molecule has 1 N–H and O–H groups in total. The molecule has 1 aliphatic rings. The van der Waals surface area contributed by atoms with Crippen LogP contribution in [0.2, 0.25) is 0 Å². The molecule has 8 heteroatoms. The zero-order valence-electron chi connectivity index (χ0n) is 12.9. The van der Waals surface area contributed by atoms with Crippen LogP contribution in [0.1, 0.15) is 30.1 Å². The van der Waals surface area contributed by atoms with Gasteiger partial charge in [0.1, 0.15) is 0 Å². The number of nitro groups is 1. The number of thioether (sulfide) groups is 1. The summed E-state index contributed by atoms with van der Waals surface area (Å²) >= 11 is 1.24. The maximum Gasteiger partial charge on any atom is 0.311 e. The third-order valence-electron chi connectivity index (χ3n) is 4.12. The standard InChI is InChI=1S/C15H18N2O5S/c1-15(14(19)20)6-3-7-16(9-15)13(18)10-4-5-12(23-2)11(8-10)17(21)22/h4-5,8H,3,6-7,9H2,1-2H3,(H,19,20). The van der Waals surface area contributed by atoms with Gasteiger partial charge in [-0.25, -0.2) is 0 Å². The second-order valence-corrected chi connectivity index (χ2v) is 6.69. The molecule has 23 heavy (non-hydrogen) atoms. The number of benzene rings is 1. The molecule has 0 aromatic heterocycles. The van der Waals surface area contributed by atoms with Gasteiger partial charge in [0.25, 0.3) is 11.6 Å². The summed E-state index contributed by atoms with van der Waals surface area (Å²) in [5.41, 5.74) is -0.871. The number of amides is 1. The zero-order valence-corrected chi connectivity index (χ0v) is 13.8. The molecule has 1 unspecified atom stereocenters. The third kappa shape index (κ3) is 3.47. The summed E-state index contributed by atoms with van der Waals surface area (Å²) in [5.74, 6) is -1.30. The van der Waals surface area contributed by atoms with Crippen molar-refractivity contribution in [3.63, 3.8) is 0 Å². The van der Waals surface area contributed by atoms with Crippen LogP contribution in [0.3, 0.4) is 0 Å². The van der Waals surface area contributed by atoms with Gasteiger partial charge in [0.15, 0.2) is 0 Å². The van der Waals surface area contributed by atoms with Gasteiger partial charge in [0.05, 0.1) is 15.2 Å². The van der Waals surface area contributed by atoms with E-state index >= 15 is 0 Å². The van der Waals surface area contributed by atoms with E-state index in [9.17, 15) is 24.8 Å². The smallest absolute Gasteiger partial charge is 0.311 e. The lowest BCUT2D eigenvalue weighted by atomic mass is 9.82. The van der Waals surface area contributed by atoms with Crippen LogP contribution in [0.15, 0.2) is 23.1 Å². The molecule has 1 fully saturated rings. The van der Waals surface area contributed by atoms with Gasteiger partial charge in [-0.05, 0) is 38.2 Å². The Morgan fingerprint density at radius 1 is 1.43 bits per heavy atom. The Morgan fingerprint density at radius 2 is 2.13 bits per heavy atom. The van der Waals surface area contributed by atoms with Crippen LogP contribution < -0.4 is 0 Å². The molecule has 1 aromatic carbocycles. The highest BCUT2D eigenvalue weighted by Crippen LogP contribution is 2.32. The van der Waals surface area contributed by atoms with E-state index in [0.29, 0.717) is 24.3 Å². The van der Waals surface area contributed by atoms with Crippen LogP contribution in [0.5, 0.6) is 0 Å². The number of aliphatic carboxylic acids is 1. The Bertz CT molecular complexity index is 663. The van der Waals surface area contributed by atoms with Gasteiger partial charge in [-0.3, -0.25) is 19.7 Å². The summed E-state index contributed by atoms with van der Waals surface area (Å²) < 4.78 is 0. The number of carboxylic acids is 1. The molecule has 0 aliphatic carbocycles. The Labute approximate surface area is 137 Å². The Morgan fingerprint density at radius 3 is 2.70 bits per heavy atom. The van der Waals surface area contributed by atoms with Crippen molar-refractivity contribution in [2.45, 2.75) is 24.7 Å². The Kier molecular flexibility index (Phi) is 4.93. The van der Waals surface area contributed by atoms with Gasteiger partial charge in [-0.2, -0.15) is 0 Å². The fourth-order valence-corrected chi connectivity index (χ4v) is 3.28. The van der Waals surface area contributed by atoms with E-state index in [1.165, 1.54) is 22.7 Å². The van der Waals surface area contributed by atoms with Crippen molar-refractivity contribution < 1.29 is 19.6 Å². The predicted molar refractivity (Wildman–Crippen MR) is 85.8 cm³/mol. The van der Waals surface area contributed by atoms with Crippen molar-refractivity contribution in [3.8, 4) is 0 Å². The lowest BCUT2D eigenvalue weighted by Crippen LogP contribution is -2.48.